The lowest BCUT2D eigenvalue weighted by atomic mass is 10.1. The maximum absolute atomic E-state index is 12.0. The third-order valence-corrected chi connectivity index (χ3v) is 1.88. The molecule has 8 heteroatoms. The highest BCUT2D eigenvalue weighted by Crippen LogP contribution is 2.22. The van der Waals surface area contributed by atoms with Crippen molar-refractivity contribution in [3.63, 3.8) is 0 Å². The second-order valence-corrected chi connectivity index (χ2v) is 4.11. The van der Waals surface area contributed by atoms with Crippen LogP contribution in [0.25, 0.3) is 0 Å². The van der Waals surface area contributed by atoms with Crippen LogP contribution in [0.15, 0.2) is 4.52 Å². The van der Waals surface area contributed by atoms with E-state index in [-0.39, 0.29) is 5.89 Å². The van der Waals surface area contributed by atoms with Gasteiger partial charge in [0.25, 0.3) is 5.89 Å². The van der Waals surface area contributed by atoms with E-state index in [0.29, 0.717) is 5.82 Å². The van der Waals surface area contributed by atoms with Crippen LogP contribution in [-0.2, 0) is 10.3 Å². The van der Waals surface area contributed by atoms with Crippen molar-refractivity contribution in [2.45, 2.75) is 38.9 Å². The zero-order valence-electron chi connectivity index (χ0n) is 9.55. The Bertz CT molecular complexity index is 412. The molecule has 0 atom stereocenters. The minimum absolute atomic E-state index is 0.0607. The Kier molecular flexibility index (Phi) is 3.44. The number of aryl methyl sites for hydroxylation is 1. The van der Waals surface area contributed by atoms with Crippen molar-refractivity contribution in [3.05, 3.63) is 11.7 Å². The predicted molar refractivity (Wildman–Crippen MR) is 50.9 cm³/mol. The number of hydrogen-bond donors (Lipinski definition) is 1. The van der Waals surface area contributed by atoms with Crippen molar-refractivity contribution in [1.82, 2.24) is 15.5 Å². The van der Waals surface area contributed by atoms with Gasteiger partial charge >= 0.3 is 6.18 Å². The standard InChI is InChI=1S/C9H12F3N3O2/c1-5-13-7(17-15-5)8(2,3)14-6(16)4-9(10,11)12/h4H2,1-3H3,(H,14,16). The summed E-state index contributed by atoms with van der Waals surface area (Å²) in [7, 11) is 0. The SMILES string of the molecule is Cc1noc(C(C)(C)NC(=O)CC(F)(F)F)n1. The molecule has 0 bridgehead atoms. The highest BCUT2D eigenvalue weighted by atomic mass is 19.4. The number of nitrogens with one attached hydrogen (secondary N) is 1. The zero-order chi connectivity index (χ0) is 13.3. The van der Waals surface area contributed by atoms with Crippen LogP contribution in [0.2, 0.25) is 0 Å². The van der Waals surface area contributed by atoms with E-state index < -0.39 is 24.0 Å². The van der Waals surface area contributed by atoms with E-state index in [0.717, 1.165) is 0 Å². The molecule has 0 aliphatic heterocycles. The van der Waals surface area contributed by atoms with Gasteiger partial charge in [0.05, 0.1) is 0 Å². The zero-order valence-corrected chi connectivity index (χ0v) is 9.55. The number of aromatic nitrogens is 2. The Morgan fingerprint density at radius 1 is 1.41 bits per heavy atom. The summed E-state index contributed by atoms with van der Waals surface area (Å²) < 4.78 is 40.7. The smallest absolute Gasteiger partial charge is 0.342 e. The van der Waals surface area contributed by atoms with Crippen molar-refractivity contribution in [2.24, 2.45) is 0 Å². The van der Waals surface area contributed by atoms with Crippen LogP contribution in [0, 0.1) is 6.92 Å². The van der Waals surface area contributed by atoms with Gasteiger partial charge in [0.15, 0.2) is 5.82 Å². The first-order valence-electron chi connectivity index (χ1n) is 4.79. The monoisotopic (exact) mass is 251 g/mol. The summed E-state index contributed by atoms with van der Waals surface area (Å²) in [5.74, 6) is -0.734. The number of carbonyl (C=O) groups excluding carboxylic acids is 1. The van der Waals surface area contributed by atoms with Gasteiger partial charge in [-0.25, -0.2) is 0 Å². The summed E-state index contributed by atoms with van der Waals surface area (Å²) in [5, 5.41) is 5.69. The molecule has 0 spiro atoms. The fourth-order valence-corrected chi connectivity index (χ4v) is 1.18. The fourth-order valence-electron chi connectivity index (χ4n) is 1.18. The van der Waals surface area contributed by atoms with Gasteiger partial charge in [0.1, 0.15) is 12.0 Å². The maximum atomic E-state index is 12.0. The summed E-state index contributed by atoms with van der Waals surface area (Å²) in [5.41, 5.74) is -1.14. The molecule has 5 nitrogen and oxygen atoms in total. The molecule has 1 aromatic heterocycles. The molecule has 0 saturated heterocycles. The van der Waals surface area contributed by atoms with Crippen molar-refractivity contribution in [3.8, 4) is 0 Å². The number of halogens is 3. The first kappa shape index (κ1) is 13.5. The molecular formula is C9H12F3N3O2. The maximum Gasteiger partial charge on any atom is 0.397 e. The first-order chi connectivity index (χ1) is 7.60. The van der Waals surface area contributed by atoms with Crippen molar-refractivity contribution >= 4 is 5.91 Å². The second kappa shape index (κ2) is 4.34. The minimum atomic E-state index is -4.54. The van der Waals surface area contributed by atoms with Gasteiger partial charge in [-0.15, -0.1) is 0 Å². The molecule has 0 aliphatic rings. The Labute approximate surface area is 95.4 Å². The molecule has 1 amide bonds. The van der Waals surface area contributed by atoms with Gasteiger partial charge in [-0.2, -0.15) is 18.2 Å². The Morgan fingerprint density at radius 2 is 2.00 bits per heavy atom. The molecule has 96 valence electrons. The van der Waals surface area contributed by atoms with Gasteiger partial charge in [0, 0.05) is 0 Å². The van der Waals surface area contributed by atoms with Gasteiger partial charge in [0.2, 0.25) is 5.91 Å². The Hall–Kier alpha value is -1.60. The van der Waals surface area contributed by atoms with Crippen molar-refractivity contribution in [2.75, 3.05) is 0 Å². The van der Waals surface area contributed by atoms with E-state index in [1.165, 1.54) is 13.8 Å². The molecule has 1 heterocycles. The van der Waals surface area contributed by atoms with Gasteiger partial charge in [-0.3, -0.25) is 4.79 Å². The van der Waals surface area contributed by atoms with E-state index in [9.17, 15) is 18.0 Å². The second-order valence-electron chi connectivity index (χ2n) is 4.11. The topological polar surface area (TPSA) is 68.0 Å². The molecule has 1 aromatic rings. The highest BCUT2D eigenvalue weighted by molar-refractivity contribution is 5.77. The summed E-state index contributed by atoms with van der Waals surface area (Å²) in [6.07, 6.45) is -6.07. The quantitative estimate of drug-likeness (QED) is 0.887. The molecule has 0 saturated carbocycles. The lowest BCUT2D eigenvalue weighted by Crippen LogP contribution is -2.42. The van der Waals surface area contributed by atoms with E-state index in [1.807, 2.05) is 0 Å². The van der Waals surface area contributed by atoms with Crippen LogP contribution in [-0.4, -0.2) is 22.2 Å². The van der Waals surface area contributed by atoms with E-state index >= 15 is 0 Å². The molecule has 1 rings (SSSR count). The van der Waals surface area contributed by atoms with Gasteiger partial charge in [-0.05, 0) is 20.8 Å². The van der Waals surface area contributed by atoms with Gasteiger partial charge < -0.3 is 9.84 Å². The van der Waals surface area contributed by atoms with E-state index in [4.69, 9.17) is 4.52 Å². The number of nitrogens with zero attached hydrogens (tertiary/aromatic N) is 2. The highest BCUT2D eigenvalue weighted by Gasteiger charge is 2.35. The molecule has 0 radical (unpaired) electrons. The molecule has 0 aromatic carbocycles. The van der Waals surface area contributed by atoms with Gasteiger partial charge in [-0.1, -0.05) is 5.16 Å². The molecule has 0 unspecified atom stereocenters. The summed E-state index contributed by atoms with van der Waals surface area (Å²) >= 11 is 0. The minimum Gasteiger partial charge on any atom is -0.342 e. The molecule has 0 fully saturated rings. The van der Waals surface area contributed by atoms with Crippen LogP contribution in [0.4, 0.5) is 13.2 Å². The molecule has 1 N–H and O–H groups in total. The number of carbonyl (C=O) groups is 1. The third kappa shape index (κ3) is 4.04. The van der Waals surface area contributed by atoms with Crippen LogP contribution in [0.3, 0.4) is 0 Å². The summed E-state index contributed by atoms with van der Waals surface area (Å²) in [4.78, 5) is 15.0. The lowest BCUT2D eigenvalue weighted by Gasteiger charge is -2.22. The van der Waals surface area contributed by atoms with Crippen LogP contribution in [0.5, 0.6) is 0 Å². The largest absolute Gasteiger partial charge is 0.397 e. The molecular weight excluding hydrogens is 239 g/mol. The average molecular weight is 251 g/mol. The summed E-state index contributed by atoms with van der Waals surface area (Å²) in [6.45, 7) is 4.53. The van der Waals surface area contributed by atoms with Crippen molar-refractivity contribution < 1.29 is 22.5 Å². The normalized spacial score (nSPS) is 12.6. The van der Waals surface area contributed by atoms with Crippen LogP contribution < -0.4 is 5.32 Å². The number of hydrogen-bond acceptors (Lipinski definition) is 4. The van der Waals surface area contributed by atoms with Crippen LogP contribution >= 0.6 is 0 Å². The molecule has 17 heavy (non-hydrogen) atoms. The number of alkyl halides is 3. The Morgan fingerprint density at radius 3 is 2.41 bits per heavy atom. The fraction of sp³-hybridized carbons (Fsp3) is 0.667. The van der Waals surface area contributed by atoms with E-state index in [1.54, 1.807) is 6.92 Å². The number of amides is 1. The predicted octanol–water partition coefficient (Wildman–Crippen LogP) is 1.68. The van der Waals surface area contributed by atoms with E-state index in [2.05, 4.69) is 15.5 Å². The first-order valence-corrected chi connectivity index (χ1v) is 4.79. The Balaban J connectivity index is 2.70. The number of rotatable bonds is 3. The molecule has 0 aliphatic carbocycles. The lowest BCUT2D eigenvalue weighted by molar-refractivity contribution is -0.155. The van der Waals surface area contributed by atoms with Crippen LogP contribution in [0.1, 0.15) is 32.0 Å². The van der Waals surface area contributed by atoms with Crippen molar-refractivity contribution in [1.29, 1.82) is 0 Å². The third-order valence-electron chi connectivity index (χ3n) is 1.88. The average Bonchev–Trinajstić information content (AvgIpc) is 2.46. The summed E-state index contributed by atoms with van der Waals surface area (Å²) in [6, 6.07) is 0.